The van der Waals surface area contributed by atoms with E-state index in [1.807, 2.05) is 12.1 Å². The van der Waals surface area contributed by atoms with Gasteiger partial charge in [-0.2, -0.15) is 0 Å². The molecule has 1 saturated heterocycles. The van der Waals surface area contributed by atoms with Crippen LogP contribution in [-0.2, 0) is 4.74 Å². The Morgan fingerprint density at radius 1 is 1.38 bits per heavy atom. The monoisotopic (exact) mass is 332 g/mol. The van der Waals surface area contributed by atoms with Gasteiger partial charge in [-0.25, -0.2) is 0 Å². The first-order chi connectivity index (χ1) is 7.55. The van der Waals surface area contributed by atoms with Crippen molar-refractivity contribution in [1.82, 2.24) is 0 Å². The van der Waals surface area contributed by atoms with Gasteiger partial charge in [0.1, 0.15) is 12.4 Å². The third-order valence-electron chi connectivity index (χ3n) is 2.80. The predicted molar refractivity (Wildman–Crippen MR) is 72.8 cm³/mol. The molecule has 0 N–H and O–H groups in total. The van der Waals surface area contributed by atoms with Crippen LogP contribution in [0.3, 0.4) is 0 Å². The van der Waals surface area contributed by atoms with E-state index in [9.17, 15) is 0 Å². The second-order valence-corrected chi connectivity index (χ2v) is 6.05. The summed E-state index contributed by atoms with van der Waals surface area (Å²) in [4.78, 5) is 0. The van der Waals surface area contributed by atoms with Crippen LogP contribution < -0.4 is 4.74 Å². The van der Waals surface area contributed by atoms with Gasteiger partial charge >= 0.3 is 0 Å². The molecule has 0 saturated carbocycles. The maximum Gasteiger partial charge on any atom is 0.119 e. The lowest BCUT2D eigenvalue weighted by Gasteiger charge is -2.19. The van der Waals surface area contributed by atoms with Crippen LogP contribution in [0.4, 0.5) is 0 Å². The number of hydrogen-bond acceptors (Lipinski definition) is 2. The maximum atomic E-state index is 5.87. The lowest BCUT2D eigenvalue weighted by molar-refractivity contribution is -0.0326. The first-order valence-electron chi connectivity index (χ1n) is 5.61. The van der Waals surface area contributed by atoms with Gasteiger partial charge < -0.3 is 9.47 Å². The largest absolute Gasteiger partial charge is 0.491 e. The van der Waals surface area contributed by atoms with Gasteiger partial charge in [0.15, 0.2) is 0 Å². The van der Waals surface area contributed by atoms with Crippen molar-refractivity contribution < 1.29 is 9.47 Å². The highest BCUT2D eigenvalue weighted by Crippen LogP contribution is 2.29. The Kier molecular flexibility index (Phi) is 3.74. The molecule has 1 fully saturated rings. The zero-order chi connectivity index (χ0) is 11.6. The van der Waals surface area contributed by atoms with E-state index in [1.165, 1.54) is 3.57 Å². The van der Waals surface area contributed by atoms with Crippen LogP contribution in [0.15, 0.2) is 24.3 Å². The Hall–Kier alpha value is -0.290. The maximum absolute atomic E-state index is 5.87. The van der Waals surface area contributed by atoms with Crippen LogP contribution in [0.2, 0.25) is 0 Å². The molecular formula is C13H17IO2. The molecule has 1 aromatic carbocycles. The average Bonchev–Trinajstić information content (AvgIpc) is 2.58. The highest BCUT2D eigenvalue weighted by Gasteiger charge is 2.31. The number of rotatable bonds is 3. The Labute approximate surface area is 110 Å². The number of halogens is 1. The Morgan fingerprint density at radius 2 is 2.06 bits per heavy atom. The molecule has 0 bridgehead atoms. The van der Waals surface area contributed by atoms with Crippen molar-refractivity contribution in [2.75, 3.05) is 6.61 Å². The zero-order valence-electron chi connectivity index (χ0n) is 9.70. The normalized spacial score (nSPS) is 23.3. The summed E-state index contributed by atoms with van der Waals surface area (Å²) in [6.07, 6.45) is 2.46. The fourth-order valence-corrected chi connectivity index (χ4v) is 2.27. The molecule has 88 valence electrons. The van der Waals surface area contributed by atoms with Gasteiger partial charge in [-0.1, -0.05) is 0 Å². The molecule has 0 aromatic heterocycles. The summed E-state index contributed by atoms with van der Waals surface area (Å²) in [6.45, 7) is 4.93. The lowest BCUT2D eigenvalue weighted by atomic mass is 10.1. The van der Waals surface area contributed by atoms with E-state index in [1.54, 1.807) is 0 Å². The predicted octanol–water partition coefficient (Wildman–Crippen LogP) is 3.63. The molecule has 1 heterocycles. The van der Waals surface area contributed by atoms with E-state index in [2.05, 4.69) is 48.6 Å². The molecule has 0 radical (unpaired) electrons. The van der Waals surface area contributed by atoms with Crippen molar-refractivity contribution in [3.8, 4) is 5.75 Å². The van der Waals surface area contributed by atoms with Crippen molar-refractivity contribution in [1.29, 1.82) is 0 Å². The summed E-state index contributed by atoms with van der Waals surface area (Å²) in [5, 5.41) is 0. The topological polar surface area (TPSA) is 18.5 Å². The summed E-state index contributed by atoms with van der Waals surface area (Å²) in [5.41, 5.74) is 0.0279. The standard InChI is InChI=1S/C13H17IO2/c1-13(2)8-7-12(16-13)9-15-11-5-3-10(14)4-6-11/h3-6,12H,7-9H2,1-2H3. The van der Waals surface area contributed by atoms with Crippen molar-refractivity contribution >= 4 is 22.6 Å². The fraction of sp³-hybridized carbons (Fsp3) is 0.538. The summed E-state index contributed by atoms with van der Waals surface area (Å²) in [6, 6.07) is 8.11. The number of ether oxygens (including phenoxy) is 2. The van der Waals surface area contributed by atoms with Crippen LogP contribution in [0.1, 0.15) is 26.7 Å². The van der Waals surface area contributed by atoms with Gasteiger partial charge in [0.2, 0.25) is 0 Å². The lowest BCUT2D eigenvalue weighted by Crippen LogP contribution is -2.23. The van der Waals surface area contributed by atoms with Crippen LogP contribution in [0.25, 0.3) is 0 Å². The fourth-order valence-electron chi connectivity index (χ4n) is 1.91. The van der Waals surface area contributed by atoms with Gasteiger partial charge in [0.05, 0.1) is 11.7 Å². The molecule has 0 spiro atoms. The molecule has 0 amide bonds. The van der Waals surface area contributed by atoms with Gasteiger partial charge in [-0.05, 0) is 73.5 Å². The molecule has 1 aliphatic rings. The second kappa shape index (κ2) is 4.92. The molecule has 1 unspecified atom stereocenters. The average molecular weight is 332 g/mol. The first kappa shape index (κ1) is 12.2. The molecule has 1 atom stereocenters. The van der Waals surface area contributed by atoms with E-state index in [0.29, 0.717) is 6.61 Å². The summed E-state index contributed by atoms with van der Waals surface area (Å²) in [5.74, 6) is 0.925. The van der Waals surface area contributed by atoms with Gasteiger partial charge in [-0.3, -0.25) is 0 Å². The minimum atomic E-state index is 0.0279. The van der Waals surface area contributed by atoms with E-state index in [4.69, 9.17) is 9.47 Å². The molecule has 16 heavy (non-hydrogen) atoms. The van der Waals surface area contributed by atoms with Gasteiger partial charge in [-0.15, -0.1) is 0 Å². The van der Waals surface area contributed by atoms with Crippen molar-refractivity contribution in [3.63, 3.8) is 0 Å². The van der Waals surface area contributed by atoms with Crippen molar-refractivity contribution in [3.05, 3.63) is 27.8 Å². The molecular weight excluding hydrogens is 315 g/mol. The summed E-state index contributed by atoms with van der Waals surface area (Å²) in [7, 11) is 0. The highest BCUT2D eigenvalue weighted by atomic mass is 127. The Balaban J connectivity index is 1.82. The quantitative estimate of drug-likeness (QED) is 0.787. The van der Waals surface area contributed by atoms with Crippen molar-refractivity contribution in [2.24, 2.45) is 0 Å². The highest BCUT2D eigenvalue weighted by molar-refractivity contribution is 14.1. The van der Waals surface area contributed by atoms with Crippen LogP contribution >= 0.6 is 22.6 Å². The van der Waals surface area contributed by atoms with Crippen LogP contribution in [0, 0.1) is 3.57 Å². The summed E-state index contributed by atoms with van der Waals surface area (Å²) < 4.78 is 12.8. The molecule has 0 aliphatic carbocycles. The minimum absolute atomic E-state index is 0.0279. The van der Waals surface area contributed by atoms with E-state index in [-0.39, 0.29) is 11.7 Å². The number of benzene rings is 1. The zero-order valence-corrected chi connectivity index (χ0v) is 11.9. The molecule has 2 rings (SSSR count). The van der Waals surface area contributed by atoms with E-state index >= 15 is 0 Å². The molecule has 2 nitrogen and oxygen atoms in total. The van der Waals surface area contributed by atoms with Crippen LogP contribution in [0.5, 0.6) is 5.75 Å². The SMILES string of the molecule is CC1(C)CCC(COc2ccc(I)cc2)O1. The van der Waals surface area contributed by atoms with Gasteiger partial charge in [0, 0.05) is 3.57 Å². The molecule has 1 aromatic rings. The van der Waals surface area contributed by atoms with Crippen molar-refractivity contribution in [2.45, 2.75) is 38.4 Å². The Bertz CT molecular complexity index is 345. The minimum Gasteiger partial charge on any atom is -0.491 e. The first-order valence-corrected chi connectivity index (χ1v) is 6.69. The van der Waals surface area contributed by atoms with Crippen LogP contribution in [-0.4, -0.2) is 18.3 Å². The smallest absolute Gasteiger partial charge is 0.119 e. The third kappa shape index (κ3) is 3.35. The molecule has 1 aliphatic heterocycles. The van der Waals surface area contributed by atoms with Gasteiger partial charge in [0.25, 0.3) is 0 Å². The number of hydrogen-bond donors (Lipinski definition) is 0. The van der Waals surface area contributed by atoms with E-state index in [0.717, 1.165) is 18.6 Å². The second-order valence-electron chi connectivity index (χ2n) is 4.80. The summed E-state index contributed by atoms with van der Waals surface area (Å²) >= 11 is 2.29. The third-order valence-corrected chi connectivity index (χ3v) is 3.52. The Morgan fingerprint density at radius 3 is 2.62 bits per heavy atom. The van der Waals surface area contributed by atoms with E-state index < -0.39 is 0 Å². The molecule has 3 heteroatoms.